The van der Waals surface area contributed by atoms with Crippen molar-refractivity contribution in [3.63, 3.8) is 0 Å². The Morgan fingerprint density at radius 3 is 2.19 bits per heavy atom. The van der Waals surface area contributed by atoms with E-state index in [1.165, 1.54) is 42.0 Å². The van der Waals surface area contributed by atoms with Crippen molar-refractivity contribution in [1.82, 2.24) is 0 Å². The molecule has 0 unspecified atom stereocenters. The minimum absolute atomic E-state index is 0.301. The topological polar surface area (TPSA) is 61.2 Å². The Morgan fingerprint density at radius 2 is 1.62 bits per heavy atom. The van der Waals surface area contributed by atoms with Crippen molar-refractivity contribution in [3.05, 3.63) is 54.1 Å². The minimum atomic E-state index is -3.60. The number of nitrogens with zero attached hydrogens (tertiary/aromatic N) is 2. The van der Waals surface area contributed by atoms with Crippen LogP contribution in [0.25, 0.3) is 0 Å². The van der Waals surface area contributed by atoms with Gasteiger partial charge >= 0.3 is 0 Å². The van der Waals surface area contributed by atoms with Gasteiger partial charge in [-0.15, -0.1) is 0 Å². The van der Waals surface area contributed by atoms with Crippen LogP contribution in [0.4, 0.5) is 5.69 Å². The van der Waals surface area contributed by atoms with E-state index in [2.05, 4.69) is 0 Å². The van der Waals surface area contributed by atoms with Gasteiger partial charge < -0.3 is 0 Å². The molecule has 1 saturated carbocycles. The first kappa shape index (κ1) is 18.8. The fourth-order valence-electron chi connectivity index (χ4n) is 3.42. The number of rotatable bonds is 5. The van der Waals surface area contributed by atoms with Gasteiger partial charge in [0, 0.05) is 11.9 Å². The second kappa shape index (κ2) is 8.15. The van der Waals surface area contributed by atoms with E-state index in [9.17, 15) is 8.42 Å². The zero-order valence-electron chi connectivity index (χ0n) is 14.8. The second-order valence-corrected chi connectivity index (χ2v) is 9.39. The standard InChI is InChI=1S/C20H22N2O2S2/c1-22(18-9-11-19(12-10-18)25-15-21)26(23,24)20-13-7-17(8-14-20)16-5-3-2-4-6-16/h7-14,16H,2-6H2,1H3. The van der Waals surface area contributed by atoms with Crippen molar-refractivity contribution in [2.75, 3.05) is 11.4 Å². The first-order chi connectivity index (χ1) is 12.5. The van der Waals surface area contributed by atoms with Crippen LogP contribution in [0.5, 0.6) is 0 Å². The molecule has 1 aliphatic carbocycles. The third-order valence-electron chi connectivity index (χ3n) is 4.98. The van der Waals surface area contributed by atoms with Crippen LogP contribution in [0.15, 0.2) is 58.3 Å². The van der Waals surface area contributed by atoms with Crippen molar-refractivity contribution >= 4 is 27.5 Å². The van der Waals surface area contributed by atoms with Crippen LogP contribution in [0, 0.1) is 10.7 Å². The molecule has 1 fully saturated rings. The Kier molecular flexibility index (Phi) is 5.90. The molecule has 0 N–H and O–H groups in total. The highest BCUT2D eigenvalue weighted by Crippen LogP contribution is 2.33. The van der Waals surface area contributed by atoms with E-state index in [1.807, 2.05) is 17.5 Å². The van der Waals surface area contributed by atoms with Crippen LogP contribution in [0.2, 0.25) is 0 Å². The number of thiocyanates is 1. The van der Waals surface area contributed by atoms with Crippen molar-refractivity contribution in [3.8, 4) is 5.40 Å². The quantitative estimate of drug-likeness (QED) is 0.528. The second-order valence-electron chi connectivity index (χ2n) is 6.56. The van der Waals surface area contributed by atoms with Gasteiger partial charge in [-0.25, -0.2) is 8.42 Å². The molecule has 2 aromatic rings. The highest BCUT2D eigenvalue weighted by atomic mass is 32.2. The Morgan fingerprint density at radius 1 is 1.00 bits per heavy atom. The molecule has 2 aromatic carbocycles. The third-order valence-corrected chi connectivity index (χ3v) is 7.38. The zero-order valence-corrected chi connectivity index (χ0v) is 16.4. The van der Waals surface area contributed by atoms with Gasteiger partial charge in [0.15, 0.2) is 0 Å². The van der Waals surface area contributed by atoms with Crippen molar-refractivity contribution in [1.29, 1.82) is 5.26 Å². The number of sulfonamides is 1. The predicted molar refractivity (Wildman–Crippen MR) is 106 cm³/mol. The summed E-state index contributed by atoms with van der Waals surface area (Å²) in [6.45, 7) is 0. The Labute approximate surface area is 159 Å². The molecule has 0 atom stereocenters. The van der Waals surface area contributed by atoms with E-state index in [-0.39, 0.29) is 0 Å². The number of hydrogen-bond donors (Lipinski definition) is 0. The molecular formula is C20H22N2O2S2. The lowest BCUT2D eigenvalue weighted by Crippen LogP contribution is -2.26. The maximum atomic E-state index is 12.9. The summed E-state index contributed by atoms with van der Waals surface area (Å²) in [5.74, 6) is 0.559. The third kappa shape index (κ3) is 4.05. The molecule has 136 valence electrons. The summed E-state index contributed by atoms with van der Waals surface area (Å²) in [5, 5.41) is 10.7. The van der Waals surface area contributed by atoms with Crippen molar-refractivity contribution in [2.24, 2.45) is 0 Å². The highest BCUT2D eigenvalue weighted by Gasteiger charge is 2.22. The monoisotopic (exact) mass is 386 g/mol. The van der Waals surface area contributed by atoms with Crippen LogP contribution in [-0.2, 0) is 10.0 Å². The van der Waals surface area contributed by atoms with Gasteiger partial charge in [0.2, 0.25) is 0 Å². The summed E-state index contributed by atoms with van der Waals surface area (Å²) >= 11 is 1.05. The van der Waals surface area contributed by atoms with Gasteiger partial charge in [-0.1, -0.05) is 31.4 Å². The van der Waals surface area contributed by atoms with E-state index < -0.39 is 10.0 Å². The molecule has 1 aliphatic rings. The maximum Gasteiger partial charge on any atom is 0.264 e. The van der Waals surface area contributed by atoms with Gasteiger partial charge in [-0.2, -0.15) is 5.26 Å². The molecule has 0 spiro atoms. The lowest BCUT2D eigenvalue weighted by Gasteiger charge is -2.23. The first-order valence-corrected chi connectivity index (χ1v) is 11.0. The summed E-state index contributed by atoms with van der Waals surface area (Å²) in [6.07, 6.45) is 6.21. The van der Waals surface area contributed by atoms with E-state index in [1.54, 1.807) is 43.4 Å². The van der Waals surface area contributed by atoms with Gasteiger partial charge in [0.05, 0.1) is 10.6 Å². The predicted octanol–water partition coefficient (Wildman–Crippen LogP) is 5.13. The van der Waals surface area contributed by atoms with Gasteiger partial charge in [-0.05, 0) is 72.5 Å². The summed E-state index contributed by atoms with van der Waals surface area (Å²) < 4.78 is 27.1. The molecule has 0 bridgehead atoms. The molecule has 6 heteroatoms. The number of nitriles is 1. The molecule has 26 heavy (non-hydrogen) atoms. The lowest BCUT2D eigenvalue weighted by atomic mass is 9.84. The molecule has 0 aromatic heterocycles. The van der Waals surface area contributed by atoms with Crippen molar-refractivity contribution < 1.29 is 8.42 Å². The first-order valence-electron chi connectivity index (χ1n) is 8.77. The van der Waals surface area contributed by atoms with Crippen LogP contribution >= 0.6 is 11.8 Å². The Hall–Kier alpha value is -1.97. The number of anilines is 1. The number of benzene rings is 2. The highest BCUT2D eigenvalue weighted by molar-refractivity contribution is 8.03. The lowest BCUT2D eigenvalue weighted by molar-refractivity contribution is 0.443. The zero-order chi connectivity index (χ0) is 18.6. The number of hydrogen-bond acceptors (Lipinski definition) is 4. The maximum absolute atomic E-state index is 12.9. The van der Waals surface area contributed by atoms with Gasteiger partial charge in [0.25, 0.3) is 10.0 Å². The number of thioether (sulfide) groups is 1. The summed E-state index contributed by atoms with van der Waals surface area (Å²) in [7, 11) is -2.05. The summed E-state index contributed by atoms with van der Waals surface area (Å²) in [4.78, 5) is 1.09. The fraction of sp³-hybridized carbons (Fsp3) is 0.350. The molecule has 0 amide bonds. The van der Waals surface area contributed by atoms with E-state index in [0.29, 0.717) is 16.5 Å². The molecular weight excluding hydrogens is 364 g/mol. The van der Waals surface area contributed by atoms with Crippen LogP contribution < -0.4 is 4.31 Å². The van der Waals surface area contributed by atoms with Gasteiger partial charge in [-0.3, -0.25) is 4.31 Å². The molecule has 3 rings (SSSR count). The van der Waals surface area contributed by atoms with Crippen LogP contribution in [0.3, 0.4) is 0 Å². The Bertz CT molecular complexity index is 879. The van der Waals surface area contributed by atoms with Gasteiger partial charge in [0.1, 0.15) is 5.40 Å². The summed E-state index contributed by atoms with van der Waals surface area (Å²) in [5.41, 5.74) is 1.81. The largest absolute Gasteiger partial charge is 0.269 e. The van der Waals surface area contributed by atoms with E-state index in [0.717, 1.165) is 16.7 Å². The van der Waals surface area contributed by atoms with E-state index >= 15 is 0 Å². The van der Waals surface area contributed by atoms with Crippen molar-refractivity contribution in [2.45, 2.75) is 47.8 Å². The molecule has 0 radical (unpaired) electrons. The molecule has 0 saturated heterocycles. The average Bonchev–Trinajstić information content (AvgIpc) is 2.69. The molecule has 0 aliphatic heterocycles. The van der Waals surface area contributed by atoms with Crippen LogP contribution in [0.1, 0.15) is 43.6 Å². The molecule has 4 nitrogen and oxygen atoms in total. The van der Waals surface area contributed by atoms with E-state index in [4.69, 9.17) is 5.26 Å². The minimum Gasteiger partial charge on any atom is -0.269 e. The fourth-order valence-corrected chi connectivity index (χ4v) is 4.99. The van der Waals surface area contributed by atoms with Crippen LogP contribution in [-0.4, -0.2) is 15.5 Å². The normalized spacial score (nSPS) is 15.4. The molecule has 0 heterocycles. The SMILES string of the molecule is CN(c1ccc(SC#N)cc1)S(=O)(=O)c1ccc(C2CCCCC2)cc1. The smallest absolute Gasteiger partial charge is 0.264 e. The average molecular weight is 387 g/mol. The summed E-state index contributed by atoms with van der Waals surface area (Å²) in [6, 6.07) is 14.3. The Balaban J connectivity index is 1.79.